The van der Waals surface area contributed by atoms with Crippen molar-refractivity contribution in [2.24, 2.45) is 0 Å². The Labute approximate surface area is 157 Å². The van der Waals surface area contributed by atoms with Crippen molar-refractivity contribution in [1.29, 1.82) is 0 Å². The van der Waals surface area contributed by atoms with Crippen LogP contribution in [0.2, 0.25) is 5.02 Å². The molecule has 2 N–H and O–H groups in total. The van der Waals surface area contributed by atoms with E-state index in [0.29, 0.717) is 16.1 Å². The number of hydrogen-bond donors (Lipinski definition) is 1. The lowest BCUT2D eigenvalue weighted by Gasteiger charge is -2.10. The van der Waals surface area contributed by atoms with Gasteiger partial charge in [0.2, 0.25) is 0 Å². The van der Waals surface area contributed by atoms with Crippen LogP contribution in [0.5, 0.6) is 0 Å². The van der Waals surface area contributed by atoms with Crippen LogP contribution < -0.4 is 5.73 Å². The fourth-order valence-electron chi connectivity index (χ4n) is 2.67. The number of aromatic nitrogens is 5. The Hall–Kier alpha value is -3.39. The van der Waals surface area contributed by atoms with Crippen molar-refractivity contribution in [1.82, 2.24) is 25.2 Å². The number of halogens is 3. The van der Waals surface area contributed by atoms with Gasteiger partial charge in [-0.1, -0.05) is 35.9 Å². The van der Waals surface area contributed by atoms with Gasteiger partial charge in [-0.3, -0.25) is 0 Å². The molecule has 2 aromatic carbocycles. The molecular formula is C18H11ClF2N6. The predicted molar refractivity (Wildman–Crippen MR) is 97.2 cm³/mol. The van der Waals surface area contributed by atoms with Crippen LogP contribution in [0.1, 0.15) is 0 Å². The molecule has 4 aromatic rings. The lowest BCUT2D eigenvalue weighted by molar-refractivity contribution is 0.501. The number of nitrogen functional groups attached to an aromatic ring is 1. The van der Waals surface area contributed by atoms with E-state index in [1.165, 1.54) is 12.1 Å². The number of benzene rings is 2. The first-order valence-corrected chi connectivity index (χ1v) is 8.17. The van der Waals surface area contributed by atoms with Crippen LogP contribution in [0.25, 0.3) is 28.2 Å². The fourth-order valence-corrected chi connectivity index (χ4v) is 2.92. The predicted octanol–water partition coefficient (Wildman–Crippen LogP) is 3.91. The van der Waals surface area contributed by atoms with E-state index in [9.17, 15) is 8.78 Å². The lowest BCUT2D eigenvalue weighted by atomic mass is 10.1. The van der Waals surface area contributed by atoms with Gasteiger partial charge < -0.3 is 5.73 Å². The van der Waals surface area contributed by atoms with E-state index >= 15 is 0 Å². The van der Waals surface area contributed by atoms with Gasteiger partial charge >= 0.3 is 0 Å². The molecule has 2 heterocycles. The maximum Gasteiger partial charge on any atom is 0.190 e. The Morgan fingerprint density at radius 1 is 1.00 bits per heavy atom. The summed E-state index contributed by atoms with van der Waals surface area (Å²) in [6.45, 7) is 0. The summed E-state index contributed by atoms with van der Waals surface area (Å²) in [5.41, 5.74) is 7.63. The van der Waals surface area contributed by atoms with Gasteiger partial charge in [0.1, 0.15) is 11.5 Å². The highest BCUT2D eigenvalue weighted by Gasteiger charge is 2.19. The number of tetrazole rings is 1. The van der Waals surface area contributed by atoms with Gasteiger partial charge in [-0.2, -0.15) is 4.68 Å². The summed E-state index contributed by atoms with van der Waals surface area (Å²) in [6.07, 6.45) is 1.57. The van der Waals surface area contributed by atoms with Gasteiger partial charge in [-0.15, -0.1) is 5.10 Å². The maximum absolute atomic E-state index is 14.2. The largest absolute Gasteiger partial charge is 0.383 e. The standard InChI is InChI=1S/C18H11ClF2N6/c19-13-5-2-1-4-11(13)10-8-12(17(22)23-9-10)18-24-25-26-27(18)15-7-3-6-14(20)16(15)21/h1-9H,(H2,22,23). The van der Waals surface area contributed by atoms with E-state index in [1.54, 1.807) is 18.3 Å². The van der Waals surface area contributed by atoms with Crippen LogP contribution in [-0.4, -0.2) is 25.2 Å². The number of nitrogens with two attached hydrogens (primary N) is 1. The minimum Gasteiger partial charge on any atom is -0.383 e. The highest BCUT2D eigenvalue weighted by molar-refractivity contribution is 6.33. The quantitative estimate of drug-likeness (QED) is 0.579. The summed E-state index contributed by atoms with van der Waals surface area (Å²) in [7, 11) is 0. The molecule has 0 spiro atoms. The molecule has 4 rings (SSSR count). The zero-order valence-electron chi connectivity index (χ0n) is 13.6. The third-order valence-corrected chi connectivity index (χ3v) is 4.30. The number of pyridine rings is 1. The summed E-state index contributed by atoms with van der Waals surface area (Å²) in [6, 6.07) is 12.7. The number of nitrogens with zero attached hydrogens (tertiary/aromatic N) is 5. The van der Waals surface area contributed by atoms with Gasteiger partial charge in [-0.25, -0.2) is 13.8 Å². The van der Waals surface area contributed by atoms with Gasteiger partial charge in [0.05, 0.1) is 5.56 Å². The molecule has 134 valence electrons. The summed E-state index contributed by atoms with van der Waals surface area (Å²) < 4.78 is 28.9. The average Bonchev–Trinajstić information content (AvgIpc) is 3.14. The lowest BCUT2D eigenvalue weighted by Crippen LogP contribution is -2.06. The van der Waals surface area contributed by atoms with Gasteiger partial charge in [0.25, 0.3) is 0 Å². The highest BCUT2D eigenvalue weighted by atomic mass is 35.5. The first-order chi connectivity index (χ1) is 13.1. The summed E-state index contributed by atoms with van der Waals surface area (Å²) in [5, 5.41) is 11.8. The summed E-state index contributed by atoms with van der Waals surface area (Å²) in [4.78, 5) is 4.17. The molecule has 0 aliphatic rings. The third-order valence-electron chi connectivity index (χ3n) is 3.97. The Morgan fingerprint density at radius 2 is 1.81 bits per heavy atom. The van der Waals surface area contributed by atoms with Crippen LogP contribution in [-0.2, 0) is 0 Å². The second-order valence-corrected chi connectivity index (χ2v) is 6.03. The molecule has 0 saturated heterocycles. The fraction of sp³-hybridized carbons (Fsp3) is 0. The van der Waals surface area contributed by atoms with Gasteiger partial charge in [0.15, 0.2) is 17.5 Å². The molecule has 9 heteroatoms. The number of rotatable bonds is 3. The van der Waals surface area contributed by atoms with Crippen LogP contribution in [0.4, 0.5) is 14.6 Å². The van der Waals surface area contributed by atoms with Crippen molar-refractivity contribution in [2.75, 3.05) is 5.73 Å². The smallest absolute Gasteiger partial charge is 0.190 e. The SMILES string of the molecule is Nc1ncc(-c2ccccc2Cl)cc1-c1nnnn1-c1cccc(F)c1F. The van der Waals surface area contributed by atoms with Crippen molar-refractivity contribution < 1.29 is 8.78 Å². The second kappa shape index (κ2) is 6.73. The van der Waals surface area contributed by atoms with E-state index in [-0.39, 0.29) is 17.3 Å². The third kappa shape index (κ3) is 3.00. The zero-order chi connectivity index (χ0) is 19.0. The minimum atomic E-state index is -1.07. The highest BCUT2D eigenvalue weighted by Crippen LogP contribution is 2.32. The molecule has 0 radical (unpaired) electrons. The van der Waals surface area contributed by atoms with Crippen molar-refractivity contribution in [3.8, 4) is 28.2 Å². The Balaban J connectivity index is 1.89. The summed E-state index contributed by atoms with van der Waals surface area (Å²) in [5.74, 6) is -1.82. The van der Waals surface area contributed by atoms with Gasteiger partial charge in [0, 0.05) is 22.3 Å². The Bertz CT molecular complexity index is 1140. The molecule has 0 amide bonds. The van der Waals surface area contributed by atoms with Crippen LogP contribution in [0, 0.1) is 11.6 Å². The average molecular weight is 385 g/mol. The maximum atomic E-state index is 14.2. The number of anilines is 1. The van der Waals surface area contributed by atoms with E-state index in [0.717, 1.165) is 16.3 Å². The molecule has 27 heavy (non-hydrogen) atoms. The van der Waals surface area contributed by atoms with E-state index in [2.05, 4.69) is 20.5 Å². The van der Waals surface area contributed by atoms with Crippen molar-refractivity contribution in [3.05, 3.63) is 71.4 Å². The molecule has 0 fully saturated rings. The molecular weight excluding hydrogens is 374 g/mol. The van der Waals surface area contributed by atoms with Crippen LogP contribution in [0.15, 0.2) is 54.7 Å². The monoisotopic (exact) mass is 384 g/mol. The van der Waals surface area contributed by atoms with E-state index in [4.69, 9.17) is 17.3 Å². The molecule has 0 saturated carbocycles. The van der Waals surface area contributed by atoms with Crippen LogP contribution >= 0.6 is 11.6 Å². The van der Waals surface area contributed by atoms with Gasteiger partial charge in [-0.05, 0) is 34.7 Å². The van der Waals surface area contributed by atoms with Crippen molar-refractivity contribution in [2.45, 2.75) is 0 Å². The molecule has 0 aliphatic heterocycles. The molecule has 2 aromatic heterocycles. The molecule has 0 bridgehead atoms. The van der Waals surface area contributed by atoms with Crippen molar-refractivity contribution >= 4 is 17.4 Å². The molecule has 0 unspecified atom stereocenters. The normalized spacial score (nSPS) is 10.9. The summed E-state index contributed by atoms with van der Waals surface area (Å²) >= 11 is 6.25. The topological polar surface area (TPSA) is 82.5 Å². The minimum absolute atomic E-state index is 0.124. The molecule has 0 aliphatic carbocycles. The first-order valence-electron chi connectivity index (χ1n) is 7.80. The number of hydrogen-bond acceptors (Lipinski definition) is 5. The Kier molecular flexibility index (Phi) is 4.25. The second-order valence-electron chi connectivity index (χ2n) is 5.62. The Morgan fingerprint density at radius 3 is 2.63 bits per heavy atom. The van der Waals surface area contributed by atoms with Crippen LogP contribution in [0.3, 0.4) is 0 Å². The first kappa shape index (κ1) is 17.0. The zero-order valence-corrected chi connectivity index (χ0v) is 14.4. The molecule has 0 atom stereocenters. The van der Waals surface area contributed by atoms with Crippen molar-refractivity contribution in [3.63, 3.8) is 0 Å². The molecule has 6 nitrogen and oxygen atoms in total. The van der Waals surface area contributed by atoms with E-state index in [1.807, 2.05) is 18.2 Å². The van der Waals surface area contributed by atoms with E-state index < -0.39 is 11.6 Å².